The van der Waals surface area contributed by atoms with E-state index in [-0.39, 0.29) is 6.61 Å². The van der Waals surface area contributed by atoms with Crippen molar-refractivity contribution in [3.05, 3.63) is 0 Å². The molecule has 0 saturated carbocycles. The molecule has 3 N–H and O–H groups in total. The van der Waals surface area contributed by atoms with Gasteiger partial charge in [-0.15, -0.1) is 12.6 Å². The third kappa shape index (κ3) is 17.7. The maximum absolute atomic E-state index is 9.76. The third-order valence-corrected chi connectivity index (χ3v) is 0.995. The second-order valence-corrected chi connectivity index (χ2v) is 2.49. The molecule has 0 aromatic carbocycles. The van der Waals surface area contributed by atoms with Crippen LogP contribution in [0.1, 0.15) is 13.8 Å². The van der Waals surface area contributed by atoms with Crippen LogP contribution in [0.15, 0.2) is 0 Å². The van der Waals surface area contributed by atoms with Gasteiger partial charge in [-0.3, -0.25) is 4.79 Å². The second kappa shape index (κ2) is 8.00. The van der Waals surface area contributed by atoms with Crippen molar-refractivity contribution in [2.45, 2.75) is 26.1 Å². The van der Waals surface area contributed by atoms with Crippen LogP contribution in [0.5, 0.6) is 0 Å². The first-order valence-corrected chi connectivity index (χ1v) is 3.56. The van der Waals surface area contributed by atoms with E-state index in [0.717, 1.165) is 0 Å². The molecule has 11 heavy (non-hydrogen) atoms. The predicted octanol–water partition coefficient (Wildman–Crippen LogP) is -0.817. The first-order chi connectivity index (χ1) is 4.91. The van der Waals surface area contributed by atoms with Crippen molar-refractivity contribution in [2.24, 2.45) is 0 Å². The molecule has 0 bridgehead atoms. The van der Waals surface area contributed by atoms with Crippen LogP contribution >= 0.6 is 12.6 Å². The Bertz CT molecular complexity index is 103. The van der Waals surface area contributed by atoms with Gasteiger partial charge in [-0.1, -0.05) is 0 Å². The Hall–Kier alpha value is -0.100. The zero-order valence-electron chi connectivity index (χ0n) is 6.56. The number of aliphatic hydroxyl groups excluding tert-OH is 3. The number of carbonyl (C=O) groups is 1. The van der Waals surface area contributed by atoms with Crippen LogP contribution in [0, 0.1) is 0 Å². The molecule has 0 radical (unpaired) electrons. The van der Waals surface area contributed by atoms with E-state index in [1.165, 1.54) is 13.8 Å². The minimum Gasteiger partial charge on any atom is -0.394 e. The van der Waals surface area contributed by atoms with Gasteiger partial charge in [-0.05, 0) is 13.8 Å². The van der Waals surface area contributed by atoms with Crippen LogP contribution in [-0.4, -0.2) is 39.2 Å². The maximum atomic E-state index is 9.76. The molecule has 0 saturated heterocycles. The normalized spacial score (nSPS) is 14.4. The molecule has 2 unspecified atom stereocenters. The fourth-order valence-corrected chi connectivity index (χ4v) is 0. The molecule has 0 aliphatic rings. The van der Waals surface area contributed by atoms with E-state index >= 15 is 0 Å². The van der Waals surface area contributed by atoms with Gasteiger partial charge in [0, 0.05) is 0 Å². The number of thiol groups is 1. The van der Waals surface area contributed by atoms with E-state index in [9.17, 15) is 4.79 Å². The highest BCUT2D eigenvalue weighted by molar-refractivity contribution is 7.96. The van der Waals surface area contributed by atoms with Gasteiger partial charge in [-0.25, -0.2) is 0 Å². The average molecular weight is 182 g/mol. The number of hydrogen-bond acceptors (Lipinski definition) is 4. The Morgan fingerprint density at radius 3 is 1.64 bits per heavy atom. The summed E-state index contributed by atoms with van der Waals surface area (Å²) in [5, 5.41) is 23.7. The molecule has 0 aromatic heterocycles. The molecule has 68 valence electrons. The fourth-order valence-electron chi connectivity index (χ4n) is 0. The summed E-state index contributed by atoms with van der Waals surface area (Å²) in [7, 11) is 0. The Kier molecular flexibility index (Phi) is 9.81. The highest BCUT2D eigenvalue weighted by Crippen LogP contribution is 1.84. The van der Waals surface area contributed by atoms with E-state index in [1.54, 1.807) is 0 Å². The predicted molar refractivity (Wildman–Crippen MR) is 44.4 cm³/mol. The minimum atomic E-state index is -0.923. The van der Waals surface area contributed by atoms with Crippen molar-refractivity contribution >= 4 is 17.7 Å². The van der Waals surface area contributed by atoms with Gasteiger partial charge in [-0.2, -0.15) is 0 Å². The van der Waals surface area contributed by atoms with E-state index in [1.807, 2.05) is 0 Å². The lowest BCUT2D eigenvalue weighted by atomic mass is 10.5. The summed E-state index contributed by atoms with van der Waals surface area (Å²) in [5.41, 5.74) is 0. The number of aliphatic hydroxyl groups is 3. The monoisotopic (exact) mass is 182 g/mol. The number of rotatable bonds is 2. The molecule has 0 heterocycles. The summed E-state index contributed by atoms with van der Waals surface area (Å²) < 4.78 is 0. The van der Waals surface area contributed by atoms with Crippen molar-refractivity contribution in [3.63, 3.8) is 0 Å². The second-order valence-electron chi connectivity index (χ2n) is 2.05. The summed E-state index contributed by atoms with van der Waals surface area (Å²) in [6, 6.07) is 0. The van der Waals surface area contributed by atoms with Crippen molar-refractivity contribution in [2.75, 3.05) is 6.61 Å². The van der Waals surface area contributed by atoms with E-state index in [2.05, 4.69) is 12.6 Å². The smallest absolute Gasteiger partial charge is 0.214 e. The molecule has 4 nitrogen and oxygen atoms in total. The van der Waals surface area contributed by atoms with Crippen molar-refractivity contribution in [3.8, 4) is 0 Å². The van der Waals surface area contributed by atoms with Crippen molar-refractivity contribution < 1.29 is 20.1 Å². The first-order valence-electron chi connectivity index (χ1n) is 3.11. The lowest BCUT2D eigenvalue weighted by Gasteiger charge is -1.90. The van der Waals surface area contributed by atoms with Crippen LogP contribution in [0.2, 0.25) is 0 Å². The highest BCUT2D eigenvalue weighted by Gasteiger charge is 1.98. The number of hydrogen-bond donors (Lipinski definition) is 4. The summed E-state index contributed by atoms with van der Waals surface area (Å²) in [6.45, 7) is 2.76. The molecule has 0 amide bonds. The quantitative estimate of drug-likeness (QED) is 0.421. The molecule has 0 aromatic rings. The molecule has 5 heteroatoms. The van der Waals surface area contributed by atoms with E-state index < -0.39 is 17.3 Å². The van der Waals surface area contributed by atoms with Gasteiger partial charge in [0.05, 0.1) is 12.7 Å². The highest BCUT2D eigenvalue weighted by atomic mass is 32.1. The molecular formula is C6H14O4S. The molecule has 0 spiro atoms. The zero-order chi connectivity index (χ0) is 9.44. The van der Waals surface area contributed by atoms with Crippen LogP contribution in [-0.2, 0) is 4.79 Å². The summed E-state index contributed by atoms with van der Waals surface area (Å²) >= 11 is 3.30. The molecule has 0 aliphatic carbocycles. The van der Waals surface area contributed by atoms with Crippen LogP contribution in [0.4, 0.5) is 0 Å². The maximum Gasteiger partial charge on any atom is 0.214 e. The van der Waals surface area contributed by atoms with Crippen LogP contribution < -0.4 is 0 Å². The summed E-state index contributed by atoms with van der Waals surface area (Å²) in [5.74, 6) is 0. The van der Waals surface area contributed by atoms with Gasteiger partial charge in [0.1, 0.15) is 6.10 Å². The molecule has 0 fully saturated rings. The SMILES string of the molecule is CC(O)C(=O)S.CC(O)CO. The van der Waals surface area contributed by atoms with Gasteiger partial charge in [0.25, 0.3) is 0 Å². The molecular weight excluding hydrogens is 168 g/mol. The summed E-state index contributed by atoms with van der Waals surface area (Å²) in [4.78, 5) is 9.76. The Labute approximate surface area is 71.3 Å². The van der Waals surface area contributed by atoms with Gasteiger partial charge < -0.3 is 15.3 Å². The lowest BCUT2D eigenvalue weighted by Crippen LogP contribution is -2.07. The topological polar surface area (TPSA) is 77.8 Å². The lowest BCUT2D eigenvalue weighted by molar-refractivity contribution is -0.117. The molecule has 0 rings (SSSR count). The van der Waals surface area contributed by atoms with E-state index in [0.29, 0.717) is 0 Å². The Balaban J connectivity index is 0. The average Bonchev–Trinajstić information content (AvgIpc) is 1.89. The van der Waals surface area contributed by atoms with Gasteiger partial charge in [0.15, 0.2) is 0 Å². The van der Waals surface area contributed by atoms with Gasteiger partial charge in [0.2, 0.25) is 5.12 Å². The molecule has 2 atom stereocenters. The third-order valence-electron chi connectivity index (χ3n) is 0.622. The molecule has 0 aliphatic heterocycles. The largest absolute Gasteiger partial charge is 0.394 e. The van der Waals surface area contributed by atoms with Crippen molar-refractivity contribution in [1.82, 2.24) is 0 Å². The van der Waals surface area contributed by atoms with Crippen LogP contribution in [0.25, 0.3) is 0 Å². The summed E-state index contributed by atoms with van der Waals surface area (Å²) in [6.07, 6.45) is -1.48. The van der Waals surface area contributed by atoms with Crippen molar-refractivity contribution in [1.29, 1.82) is 0 Å². The van der Waals surface area contributed by atoms with E-state index in [4.69, 9.17) is 15.3 Å². The van der Waals surface area contributed by atoms with Crippen LogP contribution in [0.3, 0.4) is 0 Å². The Morgan fingerprint density at radius 2 is 1.64 bits per heavy atom. The first kappa shape index (κ1) is 13.5. The zero-order valence-corrected chi connectivity index (χ0v) is 7.45. The standard InChI is InChI=1S/C3H6O2S.C3H8O2/c1-2(4)3(5)6;1-3(5)2-4/h2,4H,1H3,(H,5,6);3-5H,2H2,1H3. The number of carbonyl (C=O) groups excluding carboxylic acids is 1. The van der Waals surface area contributed by atoms with Gasteiger partial charge >= 0.3 is 0 Å². The Morgan fingerprint density at radius 1 is 1.45 bits per heavy atom. The fraction of sp³-hybridized carbons (Fsp3) is 0.833. The minimum absolute atomic E-state index is 0.139.